The van der Waals surface area contributed by atoms with Gasteiger partial charge < -0.3 is 24.8 Å². The van der Waals surface area contributed by atoms with E-state index >= 15 is 0 Å². The number of benzene rings is 2. The first-order valence-electron chi connectivity index (χ1n) is 8.79. The first-order valence-corrected chi connectivity index (χ1v) is 8.79. The highest BCUT2D eigenvalue weighted by Gasteiger charge is 2.07. The summed E-state index contributed by atoms with van der Waals surface area (Å²) < 4.78 is 16.4. The van der Waals surface area contributed by atoms with Crippen LogP contribution >= 0.6 is 0 Å². The summed E-state index contributed by atoms with van der Waals surface area (Å²) in [6.07, 6.45) is 0. The minimum atomic E-state index is -0.153. The molecule has 2 aromatic rings. The van der Waals surface area contributed by atoms with Crippen molar-refractivity contribution in [3.05, 3.63) is 48.5 Å². The number of rotatable bonds is 11. The van der Waals surface area contributed by atoms with E-state index in [0.29, 0.717) is 37.9 Å². The second-order valence-electron chi connectivity index (χ2n) is 5.40. The molecule has 0 radical (unpaired) electrons. The van der Waals surface area contributed by atoms with E-state index in [4.69, 9.17) is 14.2 Å². The Bertz CT molecular complexity index is 691. The summed E-state index contributed by atoms with van der Waals surface area (Å²) >= 11 is 0. The largest absolute Gasteiger partial charge is 0.492 e. The number of hydrogen-bond donors (Lipinski definition) is 2. The van der Waals surface area contributed by atoms with E-state index in [1.807, 2.05) is 62.4 Å². The topological polar surface area (TPSA) is 68.8 Å². The lowest BCUT2D eigenvalue weighted by atomic mass is 10.3. The summed E-state index contributed by atoms with van der Waals surface area (Å²) in [7, 11) is 0. The molecule has 0 aliphatic rings. The van der Waals surface area contributed by atoms with Crippen LogP contribution in [0.5, 0.6) is 11.5 Å². The maximum atomic E-state index is 12.2. The lowest BCUT2D eigenvalue weighted by Gasteiger charge is -2.12. The SMILES string of the molecule is CCOCCOc1cccc(NCC(=O)Nc2ccccc2OCC)c1. The summed E-state index contributed by atoms with van der Waals surface area (Å²) in [6, 6.07) is 14.9. The third kappa shape index (κ3) is 6.64. The molecule has 6 heteroatoms. The number of para-hydroxylation sites is 2. The number of carbonyl (C=O) groups is 1. The van der Waals surface area contributed by atoms with Crippen LogP contribution in [0.2, 0.25) is 0 Å². The van der Waals surface area contributed by atoms with Crippen LogP contribution in [-0.4, -0.2) is 38.9 Å². The Hall–Kier alpha value is -2.73. The minimum absolute atomic E-state index is 0.142. The van der Waals surface area contributed by atoms with Crippen LogP contribution in [0, 0.1) is 0 Å². The van der Waals surface area contributed by atoms with E-state index in [0.717, 1.165) is 11.4 Å². The molecule has 0 aromatic heterocycles. The monoisotopic (exact) mass is 358 g/mol. The summed E-state index contributed by atoms with van der Waals surface area (Å²) in [4.78, 5) is 12.2. The lowest BCUT2D eigenvalue weighted by molar-refractivity contribution is -0.114. The van der Waals surface area contributed by atoms with E-state index in [1.165, 1.54) is 0 Å². The van der Waals surface area contributed by atoms with E-state index < -0.39 is 0 Å². The molecule has 2 rings (SSSR count). The average molecular weight is 358 g/mol. The number of ether oxygens (including phenoxy) is 3. The Labute approximate surface area is 154 Å². The highest BCUT2D eigenvalue weighted by atomic mass is 16.5. The first kappa shape index (κ1) is 19.6. The van der Waals surface area contributed by atoms with Crippen LogP contribution in [-0.2, 0) is 9.53 Å². The highest BCUT2D eigenvalue weighted by molar-refractivity contribution is 5.95. The molecule has 26 heavy (non-hydrogen) atoms. The van der Waals surface area contributed by atoms with Gasteiger partial charge in [0.1, 0.15) is 18.1 Å². The van der Waals surface area contributed by atoms with Gasteiger partial charge in [0.2, 0.25) is 5.91 Å². The predicted molar refractivity (Wildman–Crippen MR) is 103 cm³/mol. The van der Waals surface area contributed by atoms with Crippen LogP contribution in [0.1, 0.15) is 13.8 Å². The molecule has 6 nitrogen and oxygen atoms in total. The van der Waals surface area contributed by atoms with Crippen molar-refractivity contribution < 1.29 is 19.0 Å². The molecular weight excluding hydrogens is 332 g/mol. The van der Waals surface area contributed by atoms with Crippen LogP contribution in [0.4, 0.5) is 11.4 Å². The van der Waals surface area contributed by atoms with Crippen molar-refractivity contribution in [2.75, 3.05) is 43.6 Å². The van der Waals surface area contributed by atoms with Gasteiger partial charge in [0.05, 0.1) is 25.4 Å². The fourth-order valence-corrected chi connectivity index (χ4v) is 2.29. The van der Waals surface area contributed by atoms with Gasteiger partial charge in [-0.1, -0.05) is 18.2 Å². The van der Waals surface area contributed by atoms with Gasteiger partial charge in [-0.2, -0.15) is 0 Å². The first-order chi connectivity index (χ1) is 12.7. The Morgan fingerprint density at radius 1 is 0.962 bits per heavy atom. The maximum absolute atomic E-state index is 12.2. The zero-order valence-corrected chi connectivity index (χ0v) is 15.3. The van der Waals surface area contributed by atoms with Gasteiger partial charge in [-0.05, 0) is 38.1 Å². The molecule has 0 heterocycles. The van der Waals surface area contributed by atoms with Crippen molar-refractivity contribution >= 4 is 17.3 Å². The molecule has 0 aliphatic carbocycles. The van der Waals surface area contributed by atoms with Crippen LogP contribution in [0.25, 0.3) is 0 Å². The number of anilines is 2. The van der Waals surface area contributed by atoms with Crippen molar-refractivity contribution in [2.24, 2.45) is 0 Å². The average Bonchev–Trinajstić information content (AvgIpc) is 2.66. The summed E-state index contributed by atoms with van der Waals surface area (Å²) in [5.74, 6) is 1.24. The smallest absolute Gasteiger partial charge is 0.243 e. The summed E-state index contributed by atoms with van der Waals surface area (Å²) in [5.41, 5.74) is 1.47. The predicted octanol–water partition coefficient (Wildman–Crippen LogP) is 3.55. The molecule has 0 spiro atoms. The fourth-order valence-electron chi connectivity index (χ4n) is 2.29. The normalized spacial score (nSPS) is 10.2. The Morgan fingerprint density at radius 3 is 2.62 bits per heavy atom. The van der Waals surface area contributed by atoms with Gasteiger partial charge in [0, 0.05) is 18.4 Å². The number of hydrogen-bond acceptors (Lipinski definition) is 5. The number of carbonyl (C=O) groups excluding carboxylic acids is 1. The van der Waals surface area contributed by atoms with Crippen molar-refractivity contribution in [1.82, 2.24) is 0 Å². The second-order valence-corrected chi connectivity index (χ2v) is 5.40. The minimum Gasteiger partial charge on any atom is -0.492 e. The molecule has 0 unspecified atom stereocenters. The summed E-state index contributed by atoms with van der Waals surface area (Å²) in [6.45, 7) is 6.25. The molecule has 0 atom stereocenters. The van der Waals surface area contributed by atoms with E-state index in [9.17, 15) is 4.79 Å². The van der Waals surface area contributed by atoms with Crippen molar-refractivity contribution in [3.63, 3.8) is 0 Å². The molecule has 2 aromatic carbocycles. The maximum Gasteiger partial charge on any atom is 0.243 e. The molecule has 1 amide bonds. The lowest BCUT2D eigenvalue weighted by Crippen LogP contribution is -2.22. The molecule has 0 aliphatic heterocycles. The Balaban J connectivity index is 1.84. The quantitative estimate of drug-likeness (QED) is 0.601. The zero-order chi connectivity index (χ0) is 18.6. The Morgan fingerprint density at radius 2 is 1.81 bits per heavy atom. The van der Waals surface area contributed by atoms with Gasteiger partial charge in [-0.3, -0.25) is 4.79 Å². The molecule has 0 fully saturated rings. The van der Waals surface area contributed by atoms with E-state index in [2.05, 4.69) is 10.6 Å². The van der Waals surface area contributed by atoms with Crippen molar-refractivity contribution in [3.8, 4) is 11.5 Å². The number of nitrogens with one attached hydrogen (secondary N) is 2. The van der Waals surface area contributed by atoms with Crippen molar-refractivity contribution in [1.29, 1.82) is 0 Å². The van der Waals surface area contributed by atoms with Crippen LogP contribution in [0.3, 0.4) is 0 Å². The molecular formula is C20H26N2O4. The van der Waals surface area contributed by atoms with Gasteiger partial charge in [0.15, 0.2) is 0 Å². The van der Waals surface area contributed by atoms with Gasteiger partial charge in [-0.15, -0.1) is 0 Å². The highest BCUT2D eigenvalue weighted by Crippen LogP contribution is 2.23. The third-order valence-electron chi connectivity index (χ3n) is 3.45. The van der Waals surface area contributed by atoms with Crippen LogP contribution < -0.4 is 20.1 Å². The standard InChI is InChI=1S/C20H26N2O4/c1-3-24-12-13-26-17-9-7-8-16(14-17)21-15-20(23)22-18-10-5-6-11-19(18)25-4-2/h5-11,14,21H,3-4,12-13,15H2,1-2H3,(H,22,23). The van der Waals surface area contributed by atoms with E-state index in [1.54, 1.807) is 0 Å². The summed E-state index contributed by atoms with van der Waals surface area (Å²) in [5, 5.41) is 5.95. The zero-order valence-electron chi connectivity index (χ0n) is 15.3. The molecule has 0 bridgehead atoms. The second kappa shape index (κ2) is 11.0. The van der Waals surface area contributed by atoms with Gasteiger partial charge in [-0.25, -0.2) is 0 Å². The van der Waals surface area contributed by atoms with Gasteiger partial charge in [0.25, 0.3) is 0 Å². The molecule has 0 saturated carbocycles. The number of amides is 1. The Kier molecular flexibility index (Phi) is 8.29. The van der Waals surface area contributed by atoms with Crippen LogP contribution in [0.15, 0.2) is 48.5 Å². The third-order valence-corrected chi connectivity index (χ3v) is 3.45. The van der Waals surface area contributed by atoms with E-state index in [-0.39, 0.29) is 12.5 Å². The molecule has 140 valence electrons. The molecule has 2 N–H and O–H groups in total. The molecule has 0 saturated heterocycles. The fraction of sp³-hybridized carbons (Fsp3) is 0.350. The van der Waals surface area contributed by atoms with Crippen molar-refractivity contribution in [2.45, 2.75) is 13.8 Å². The van der Waals surface area contributed by atoms with Gasteiger partial charge >= 0.3 is 0 Å².